The zero-order chi connectivity index (χ0) is 23.2. The third kappa shape index (κ3) is 5.27. The Morgan fingerprint density at radius 3 is 1.55 bits per heavy atom. The van der Waals surface area contributed by atoms with Crippen molar-refractivity contribution in [1.82, 2.24) is 5.32 Å². The van der Waals surface area contributed by atoms with Gasteiger partial charge in [0.2, 0.25) is 0 Å². The van der Waals surface area contributed by atoms with Crippen molar-refractivity contribution < 1.29 is 9.47 Å². The molecule has 3 heteroatoms. The van der Waals surface area contributed by atoms with E-state index in [-0.39, 0.29) is 0 Å². The Kier molecular flexibility index (Phi) is 7.11. The van der Waals surface area contributed by atoms with Crippen molar-refractivity contribution in [2.24, 2.45) is 0 Å². The maximum absolute atomic E-state index is 6.21. The average Bonchev–Trinajstić information content (AvgIpc) is 2.85. The summed E-state index contributed by atoms with van der Waals surface area (Å²) in [5, 5.41) is 3.15. The number of hydrogen-bond acceptors (Lipinski definition) is 3. The van der Waals surface area contributed by atoms with E-state index >= 15 is 0 Å². The zero-order valence-corrected chi connectivity index (χ0v) is 19.8. The molecular formula is C30H31NO2. The summed E-state index contributed by atoms with van der Waals surface area (Å²) in [5.41, 5.74) is 9.15. The molecule has 0 amide bonds. The number of ether oxygens (including phenoxy) is 2. The van der Waals surface area contributed by atoms with Gasteiger partial charge in [-0.15, -0.1) is 0 Å². The maximum atomic E-state index is 6.21. The summed E-state index contributed by atoms with van der Waals surface area (Å²) in [6.45, 7) is 5.57. The van der Waals surface area contributed by atoms with Crippen LogP contribution < -0.4 is 14.8 Å². The molecule has 0 atom stereocenters. The fourth-order valence-electron chi connectivity index (χ4n) is 3.88. The van der Waals surface area contributed by atoms with E-state index < -0.39 is 0 Å². The molecule has 0 heterocycles. The lowest BCUT2D eigenvalue weighted by atomic mass is 9.96. The van der Waals surface area contributed by atoms with Crippen LogP contribution in [0.25, 0.3) is 33.4 Å². The Balaban J connectivity index is 1.74. The molecular weight excluding hydrogens is 406 g/mol. The van der Waals surface area contributed by atoms with Crippen LogP contribution in [-0.4, -0.2) is 27.3 Å². The van der Waals surface area contributed by atoms with E-state index in [1.807, 2.05) is 7.05 Å². The lowest BCUT2D eigenvalue weighted by Crippen LogP contribution is -2.16. The Hall–Kier alpha value is -3.56. The molecule has 4 rings (SSSR count). The van der Waals surface area contributed by atoms with Gasteiger partial charge in [0.1, 0.15) is 18.1 Å². The molecule has 0 fully saturated rings. The van der Waals surface area contributed by atoms with E-state index in [4.69, 9.17) is 9.47 Å². The molecule has 33 heavy (non-hydrogen) atoms. The predicted octanol–water partition coefficient (Wildman–Crippen LogP) is 6.91. The van der Waals surface area contributed by atoms with Gasteiger partial charge >= 0.3 is 0 Å². The molecule has 4 aromatic carbocycles. The molecule has 1 N–H and O–H groups in total. The second-order valence-electron chi connectivity index (χ2n) is 8.31. The number of benzene rings is 4. The maximum Gasteiger partial charge on any atom is 0.128 e. The van der Waals surface area contributed by atoms with Gasteiger partial charge in [0.25, 0.3) is 0 Å². The quantitative estimate of drug-likeness (QED) is 0.304. The normalized spacial score (nSPS) is 10.8. The fraction of sp³-hybridized carbons (Fsp3) is 0.200. The topological polar surface area (TPSA) is 30.5 Å². The van der Waals surface area contributed by atoms with Crippen molar-refractivity contribution in [3.63, 3.8) is 0 Å². The van der Waals surface area contributed by atoms with Crippen molar-refractivity contribution in [3.05, 3.63) is 96.1 Å². The van der Waals surface area contributed by atoms with Gasteiger partial charge in [0.05, 0.1) is 7.11 Å². The summed E-state index contributed by atoms with van der Waals surface area (Å²) in [4.78, 5) is 0. The third-order valence-electron chi connectivity index (χ3n) is 5.85. The minimum absolute atomic E-state index is 0.591. The largest absolute Gasteiger partial charge is 0.496 e. The Morgan fingerprint density at radius 1 is 0.606 bits per heavy atom. The summed E-state index contributed by atoms with van der Waals surface area (Å²) in [6, 6.07) is 29.9. The van der Waals surface area contributed by atoms with Gasteiger partial charge in [0, 0.05) is 17.7 Å². The second-order valence-corrected chi connectivity index (χ2v) is 8.31. The molecule has 0 saturated carbocycles. The van der Waals surface area contributed by atoms with Crippen LogP contribution in [0, 0.1) is 13.8 Å². The summed E-state index contributed by atoms with van der Waals surface area (Å²) in [6.07, 6.45) is 0. The summed E-state index contributed by atoms with van der Waals surface area (Å²) < 4.78 is 12.0. The van der Waals surface area contributed by atoms with Crippen LogP contribution in [0.4, 0.5) is 0 Å². The standard InChI is InChI=1S/C30H31NO2/c1-21-5-9-23(10-6-21)24-13-15-26(16-14-24)27-20-30(33-18-17-31-3)28(19-29(27)32-4)25-11-7-22(2)8-12-25/h5-16,19-20,31H,17-18H2,1-4H3. The molecule has 0 saturated heterocycles. The van der Waals surface area contributed by atoms with Crippen molar-refractivity contribution in [1.29, 1.82) is 0 Å². The lowest BCUT2D eigenvalue weighted by molar-refractivity contribution is 0.319. The SMILES string of the molecule is CNCCOc1cc(-c2ccc(-c3ccc(C)cc3)cc2)c(OC)cc1-c1ccc(C)cc1. The highest BCUT2D eigenvalue weighted by Crippen LogP contribution is 2.41. The number of aryl methyl sites for hydroxylation is 2. The van der Waals surface area contributed by atoms with Gasteiger partial charge in [0.15, 0.2) is 0 Å². The van der Waals surface area contributed by atoms with E-state index in [9.17, 15) is 0 Å². The summed E-state index contributed by atoms with van der Waals surface area (Å²) >= 11 is 0. The molecule has 3 nitrogen and oxygen atoms in total. The third-order valence-corrected chi connectivity index (χ3v) is 5.85. The molecule has 0 radical (unpaired) electrons. The molecule has 0 aliphatic carbocycles. The van der Waals surface area contributed by atoms with Crippen molar-refractivity contribution in [2.75, 3.05) is 27.3 Å². The Bertz CT molecular complexity index is 1190. The first-order chi connectivity index (χ1) is 16.1. The molecule has 0 aliphatic rings. The first kappa shape index (κ1) is 22.6. The number of nitrogens with one attached hydrogen (secondary N) is 1. The minimum atomic E-state index is 0.591. The van der Waals surface area contributed by atoms with Crippen molar-refractivity contribution in [3.8, 4) is 44.9 Å². The van der Waals surface area contributed by atoms with E-state index in [1.165, 1.54) is 22.3 Å². The summed E-state index contributed by atoms with van der Waals surface area (Å²) in [7, 11) is 3.65. The van der Waals surface area contributed by atoms with Gasteiger partial charge in [-0.3, -0.25) is 0 Å². The zero-order valence-electron chi connectivity index (χ0n) is 19.8. The minimum Gasteiger partial charge on any atom is -0.496 e. The van der Waals surface area contributed by atoms with Crippen molar-refractivity contribution in [2.45, 2.75) is 13.8 Å². The van der Waals surface area contributed by atoms with E-state index in [1.54, 1.807) is 7.11 Å². The molecule has 4 aromatic rings. The van der Waals surface area contributed by atoms with Gasteiger partial charge in [-0.05, 0) is 55.3 Å². The molecule has 0 spiro atoms. The van der Waals surface area contributed by atoms with Gasteiger partial charge in [-0.1, -0.05) is 83.9 Å². The molecule has 168 valence electrons. The molecule has 0 unspecified atom stereocenters. The van der Waals surface area contributed by atoms with Crippen LogP contribution in [-0.2, 0) is 0 Å². The van der Waals surface area contributed by atoms with Crippen molar-refractivity contribution >= 4 is 0 Å². The number of rotatable bonds is 8. The number of likely N-dealkylation sites (N-methyl/N-ethyl adjacent to an activating group) is 1. The van der Waals surface area contributed by atoms with Crippen LogP contribution in [0.1, 0.15) is 11.1 Å². The monoisotopic (exact) mass is 437 g/mol. The highest BCUT2D eigenvalue weighted by Gasteiger charge is 2.15. The van der Waals surface area contributed by atoms with Gasteiger partial charge < -0.3 is 14.8 Å². The predicted molar refractivity (Wildman–Crippen MR) is 138 cm³/mol. The number of methoxy groups -OCH3 is 1. The second kappa shape index (κ2) is 10.4. The van der Waals surface area contributed by atoms with Crippen LogP contribution in [0.3, 0.4) is 0 Å². The van der Waals surface area contributed by atoms with Crippen LogP contribution >= 0.6 is 0 Å². The van der Waals surface area contributed by atoms with E-state index in [0.717, 1.165) is 40.3 Å². The average molecular weight is 438 g/mol. The van der Waals surface area contributed by atoms with Gasteiger partial charge in [-0.2, -0.15) is 0 Å². The Morgan fingerprint density at radius 2 is 1.03 bits per heavy atom. The first-order valence-electron chi connectivity index (χ1n) is 11.3. The van der Waals surface area contributed by atoms with Gasteiger partial charge in [-0.25, -0.2) is 0 Å². The fourth-order valence-corrected chi connectivity index (χ4v) is 3.88. The Labute approximate surface area is 197 Å². The number of hydrogen-bond donors (Lipinski definition) is 1. The first-order valence-corrected chi connectivity index (χ1v) is 11.3. The molecule has 0 aliphatic heterocycles. The smallest absolute Gasteiger partial charge is 0.128 e. The molecule has 0 bridgehead atoms. The highest BCUT2D eigenvalue weighted by atomic mass is 16.5. The van der Waals surface area contributed by atoms with E-state index in [0.29, 0.717) is 6.61 Å². The highest BCUT2D eigenvalue weighted by molar-refractivity contribution is 5.82. The van der Waals surface area contributed by atoms with Crippen LogP contribution in [0.5, 0.6) is 11.5 Å². The van der Waals surface area contributed by atoms with E-state index in [2.05, 4.69) is 104 Å². The van der Waals surface area contributed by atoms with Crippen LogP contribution in [0.15, 0.2) is 84.9 Å². The lowest BCUT2D eigenvalue weighted by Gasteiger charge is -2.17. The molecule has 0 aromatic heterocycles. The van der Waals surface area contributed by atoms with Crippen LogP contribution in [0.2, 0.25) is 0 Å². The summed E-state index contributed by atoms with van der Waals surface area (Å²) in [5.74, 6) is 1.68.